The van der Waals surface area contributed by atoms with E-state index in [2.05, 4.69) is 46.9 Å². The van der Waals surface area contributed by atoms with Crippen molar-refractivity contribution in [3.63, 3.8) is 0 Å². The van der Waals surface area contributed by atoms with Gasteiger partial charge in [-0.2, -0.15) is 17.7 Å². The van der Waals surface area contributed by atoms with Gasteiger partial charge in [0.15, 0.2) is 5.82 Å². The van der Waals surface area contributed by atoms with Crippen molar-refractivity contribution in [2.75, 3.05) is 18.2 Å². The lowest BCUT2D eigenvalue weighted by atomic mass is 10.1. The molecule has 164 valence electrons. The first-order chi connectivity index (χ1) is 14.4. The SMILES string of the molecule is CCOC(C)c1nn(CC(=O)Nc2ccncn2)c(=O)c2cc(C(C)C)cn12.CS.[HH]. The van der Waals surface area contributed by atoms with Crippen LogP contribution in [0.4, 0.5) is 5.82 Å². The number of nitrogens with zero attached hydrogens (tertiary/aromatic N) is 5. The number of nitrogens with one attached hydrogen (secondary N) is 1. The van der Waals surface area contributed by atoms with Crippen LogP contribution in [0.5, 0.6) is 0 Å². The number of rotatable bonds is 7. The summed E-state index contributed by atoms with van der Waals surface area (Å²) >= 11 is 3.53. The molecule has 0 aliphatic carbocycles. The van der Waals surface area contributed by atoms with Crippen LogP contribution in [0.3, 0.4) is 0 Å². The summed E-state index contributed by atoms with van der Waals surface area (Å²) in [4.78, 5) is 33.1. The molecule has 1 unspecified atom stereocenters. The number of hydrogen-bond donors (Lipinski definition) is 2. The Hall–Kier alpha value is -2.72. The summed E-state index contributed by atoms with van der Waals surface area (Å²) in [5.41, 5.74) is 1.15. The summed E-state index contributed by atoms with van der Waals surface area (Å²) in [6.07, 6.45) is 6.12. The number of ether oxygens (including phenoxy) is 1. The van der Waals surface area contributed by atoms with Crippen LogP contribution < -0.4 is 10.9 Å². The van der Waals surface area contributed by atoms with E-state index < -0.39 is 5.91 Å². The fourth-order valence-corrected chi connectivity index (χ4v) is 2.89. The highest BCUT2D eigenvalue weighted by Crippen LogP contribution is 2.21. The first-order valence-electron chi connectivity index (χ1n) is 9.65. The minimum Gasteiger partial charge on any atom is -0.371 e. The predicted octanol–water partition coefficient (Wildman–Crippen LogP) is 2.94. The number of aromatic nitrogens is 5. The van der Waals surface area contributed by atoms with Crippen molar-refractivity contribution in [2.24, 2.45) is 0 Å². The van der Waals surface area contributed by atoms with Crippen LogP contribution in [-0.2, 0) is 16.1 Å². The molecule has 3 heterocycles. The molecule has 9 nitrogen and oxygen atoms in total. The van der Waals surface area contributed by atoms with Gasteiger partial charge < -0.3 is 10.1 Å². The lowest BCUT2D eigenvalue weighted by Crippen LogP contribution is -2.32. The molecule has 0 saturated heterocycles. The Balaban J connectivity index is 0.00000156. The molecule has 0 saturated carbocycles. The molecule has 3 aromatic rings. The lowest BCUT2D eigenvalue weighted by Gasteiger charge is -2.15. The van der Waals surface area contributed by atoms with Crippen molar-refractivity contribution < 1.29 is 11.0 Å². The second-order valence-corrected chi connectivity index (χ2v) is 6.74. The molecule has 0 fully saturated rings. The van der Waals surface area contributed by atoms with Gasteiger partial charge >= 0.3 is 0 Å². The highest BCUT2D eigenvalue weighted by Gasteiger charge is 2.19. The van der Waals surface area contributed by atoms with E-state index in [9.17, 15) is 9.59 Å². The molecule has 0 bridgehead atoms. The van der Waals surface area contributed by atoms with Gasteiger partial charge in [0, 0.05) is 20.4 Å². The van der Waals surface area contributed by atoms with Gasteiger partial charge in [0.05, 0.1) is 0 Å². The van der Waals surface area contributed by atoms with Gasteiger partial charge in [-0.15, -0.1) is 0 Å². The molecule has 0 radical (unpaired) electrons. The number of hydrogen-bond acceptors (Lipinski definition) is 7. The van der Waals surface area contributed by atoms with E-state index in [1.165, 1.54) is 17.2 Å². The third kappa shape index (κ3) is 5.45. The van der Waals surface area contributed by atoms with Crippen LogP contribution in [0, 0.1) is 0 Å². The van der Waals surface area contributed by atoms with Crippen LogP contribution >= 0.6 is 12.6 Å². The molecule has 0 aliphatic rings. The zero-order chi connectivity index (χ0) is 22.3. The first-order valence-corrected chi connectivity index (χ1v) is 10.5. The second-order valence-electron chi connectivity index (χ2n) is 6.74. The van der Waals surface area contributed by atoms with E-state index in [1.807, 2.05) is 26.1 Å². The van der Waals surface area contributed by atoms with Crippen LogP contribution in [-0.4, -0.2) is 42.9 Å². The number of anilines is 1. The topological polar surface area (TPSA) is 103 Å². The molecule has 3 aromatic heterocycles. The standard InChI is InChI=1S/C19H24N6O3.CH4S.H2/c1-5-28-13(4)18-23-25(10-17(26)22-16-6-7-20-11-21-16)19(27)15-8-14(12(2)3)9-24(15)18;1-2;/h6-9,11-13H,5,10H2,1-4H3,(H,20,21,22,26);2H,1H3;1H. The minimum absolute atomic E-state index is 0. The van der Waals surface area contributed by atoms with Crippen LogP contribution in [0.2, 0.25) is 0 Å². The van der Waals surface area contributed by atoms with Crippen molar-refractivity contribution in [3.05, 3.63) is 52.6 Å². The maximum Gasteiger partial charge on any atom is 0.291 e. The quantitative estimate of drug-likeness (QED) is 0.554. The van der Waals surface area contributed by atoms with E-state index in [4.69, 9.17) is 4.74 Å². The van der Waals surface area contributed by atoms with Gasteiger partial charge in [-0.25, -0.2) is 14.6 Å². The second kappa shape index (κ2) is 10.9. The van der Waals surface area contributed by atoms with Crippen LogP contribution in [0.25, 0.3) is 5.52 Å². The molecule has 0 aliphatic heterocycles. The lowest BCUT2D eigenvalue weighted by molar-refractivity contribution is -0.117. The zero-order valence-electron chi connectivity index (χ0n) is 17.9. The van der Waals surface area contributed by atoms with Gasteiger partial charge in [-0.3, -0.25) is 14.0 Å². The zero-order valence-corrected chi connectivity index (χ0v) is 18.8. The summed E-state index contributed by atoms with van der Waals surface area (Å²) < 4.78 is 8.61. The predicted molar refractivity (Wildman–Crippen MR) is 121 cm³/mol. The molecule has 0 aromatic carbocycles. The van der Waals surface area contributed by atoms with E-state index >= 15 is 0 Å². The number of amides is 1. The molecule has 0 spiro atoms. The smallest absolute Gasteiger partial charge is 0.291 e. The largest absolute Gasteiger partial charge is 0.371 e. The van der Waals surface area contributed by atoms with E-state index in [1.54, 1.807) is 16.7 Å². The number of carbonyl (C=O) groups is 1. The third-order valence-electron chi connectivity index (χ3n) is 4.35. The molecule has 3 rings (SSSR count). The summed E-state index contributed by atoms with van der Waals surface area (Å²) in [7, 11) is 0. The normalized spacial score (nSPS) is 11.8. The van der Waals surface area contributed by atoms with Crippen molar-refractivity contribution in [3.8, 4) is 0 Å². The molecular weight excluding hydrogens is 404 g/mol. The summed E-state index contributed by atoms with van der Waals surface area (Å²) in [6, 6.07) is 3.41. The minimum atomic E-state index is -0.400. The monoisotopic (exact) mass is 434 g/mol. The van der Waals surface area contributed by atoms with E-state index in [0.717, 1.165) is 5.56 Å². The Morgan fingerprint density at radius 2 is 2.07 bits per heavy atom. The molecule has 30 heavy (non-hydrogen) atoms. The Morgan fingerprint density at radius 1 is 1.33 bits per heavy atom. The molecule has 1 amide bonds. The van der Waals surface area contributed by atoms with Gasteiger partial charge in [-0.1, -0.05) is 13.8 Å². The van der Waals surface area contributed by atoms with Gasteiger partial charge in [0.1, 0.15) is 30.3 Å². The van der Waals surface area contributed by atoms with Gasteiger partial charge in [0.2, 0.25) is 5.91 Å². The average Bonchev–Trinajstić information content (AvgIpc) is 3.18. The Morgan fingerprint density at radius 3 is 2.67 bits per heavy atom. The van der Waals surface area contributed by atoms with Crippen molar-refractivity contribution in [2.45, 2.75) is 46.3 Å². The van der Waals surface area contributed by atoms with Crippen molar-refractivity contribution in [1.29, 1.82) is 0 Å². The fraction of sp³-hybridized carbons (Fsp3) is 0.450. The summed E-state index contributed by atoms with van der Waals surface area (Å²) in [5.74, 6) is 0.785. The summed E-state index contributed by atoms with van der Waals surface area (Å²) in [6.45, 7) is 8.16. The number of fused-ring (bicyclic) bond motifs is 1. The maximum absolute atomic E-state index is 12.9. The number of carbonyl (C=O) groups excluding carboxylic acids is 1. The van der Waals surface area contributed by atoms with Crippen molar-refractivity contribution >= 4 is 29.9 Å². The molecule has 10 heteroatoms. The summed E-state index contributed by atoms with van der Waals surface area (Å²) in [5, 5.41) is 7.06. The van der Waals surface area contributed by atoms with E-state index in [-0.39, 0.29) is 25.6 Å². The van der Waals surface area contributed by atoms with E-state index in [0.29, 0.717) is 23.8 Å². The van der Waals surface area contributed by atoms with Crippen molar-refractivity contribution in [1.82, 2.24) is 24.1 Å². The third-order valence-corrected chi connectivity index (χ3v) is 4.35. The molecule has 1 N–H and O–H groups in total. The Labute approximate surface area is 182 Å². The molecule has 1 atom stereocenters. The van der Waals surface area contributed by atoms with Gasteiger partial charge in [-0.05, 0) is 43.7 Å². The Kier molecular flexibility index (Phi) is 8.55. The highest BCUT2D eigenvalue weighted by molar-refractivity contribution is 7.79. The van der Waals surface area contributed by atoms with Gasteiger partial charge in [0.25, 0.3) is 5.56 Å². The maximum atomic E-state index is 12.9. The highest BCUT2D eigenvalue weighted by atomic mass is 32.1. The fourth-order valence-electron chi connectivity index (χ4n) is 2.89. The Bertz CT molecular complexity index is 1040. The number of thiol groups is 1. The molecular formula is C20H30N6O3S. The van der Waals surface area contributed by atoms with Crippen LogP contribution in [0.15, 0.2) is 35.6 Å². The van der Waals surface area contributed by atoms with Crippen LogP contribution in [0.1, 0.15) is 52.5 Å². The first kappa shape index (κ1) is 23.6. The average molecular weight is 435 g/mol.